The molecule has 0 radical (unpaired) electrons. The zero-order chi connectivity index (χ0) is 17.9. The zero-order valence-electron chi connectivity index (χ0n) is 13.9. The van der Waals surface area contributed by atoms with Crippen LogP contribution in [0.1, 0.15) is 12.2 Å². The van der Waals surface area contributed by atoms with Crippen molar-refractivity contribution in [3.63, 3.8) is 0 Å². The van der Waals surface area contributed by atoms with Gasteiger partial charge < -0.3 is 14.6 Å². The largest absolute Gasteiger partial charge is 0.467 e. The highest BCUT2D eigenvalue weighted by Gasteiger charge is 2.34. The van der Waals surface area contributed by atoms with Gasteiger partial charge in [-0.15, -0.1) is 11.3 Å². The number of hydrogen-bond acceptors (Lipinski definition) is 5. The Balaban J connectivity index is 1.37. The fraction of sp³-hybridized carbons (Fsp3) is 0.211. The lowest BCUT2D eigenvalue weighted by molar-refractivity contribution is -0.128. The molecule has 1 N–H and O–H groups in total. The SMILES string of the molecule is O=C(Nc1ccc(-c2nccs2)cc1)[C@H]1CC(=O)N(Cc2ccco2)C1. The highest BCUT2D eigenvalue weighted by molar-refractivity contribution is 7.13. The second-order valence-electron chi connectivity index (χ2n) is 6.16. The number of carbonyl (C=O) groups excluding carboxylic acids is 2. The van der Waals surface area contributed by atoms with Crippen molar-refractivity contribution in [1.29, 1.82) is 0 Å². The molecule has 1 saturated heterocycles. The van der Waals surface area contributed by atoms with E-state index in [2.05, 4.69) is 10.3 Å². The zero-order valence-corrected chi connectivity index (χ0v) is 14.7. The van der Waals surface area contributed by atoms with Crippen LogP contribution in [0.2, 0.25) is 0 Å². The summed E-state index contributed by atoms with van der Waals surface area (Å²) in [6.45, 7) is 0.806. The first-order valence-corrected chi connectivity index (χ1v) is 9.18. The Morgan fingerprint density at radius 3 is 2.85 bits per heavy atom. The van der Waals surface area contributed by atoms with Crippen molar-refractivity contribution in [3.05, 3.63) is 60.0 Å². The summed E-state index contributed by atoms with van der Waals surface area (Å²) in [5.41, 5.74) is 1.73. The molecule has 0 aliphatic carbocycles. The number of furan rings is 1. The van der Waals surface area contributed by atoms with Crippen molar-refractivity contribution in [2.75, 3.05) is 11.9 Å². The van der Waals surface area contributed by atoms with Gasteiger partial charge in [0, 0.05) is 35.8 Å². The van der Waals surface area contributed by atoms with E-state index in [1.807, 2.05) is 35.7 Å². The normalized spacial score (nSPS) is 16.8. The predicted octanol–water partition coefficient (Wildman–Crippen LogP) is 3.39. The number of nitrogens with one attached hydrogen (secondary N) is 1. The molecule has 0 bridgehead atoms. The van der Waals surface area contributed by atoms with Crippen molar-refractivity contribution >= 4 is 28.8 Å². The molecule has 0 spiro atoms. The number of benzene rings is 1. The van der Waals surface area contributed by atoms with Crippen molar-refractivity contribution in [1.82, 2.24) is 9.88 Å². The van der Waals surface area contributed by atoms with Crippen LogP contribution in [0.3, 0.4) is 0 Å². The van der Waals surface area contributed by atoms with Gasteiger partial charge in [-0.3, -0.25) is 9.59 Å². The molecule has 3 aromatic rings. The van der Waals surface area contributed by atoms with E-state index in [0.717, 1.165) is 16.3 Å². The highest BCUT2D eigenvalue weighted by atomic mass is 32.1. The summed E-state index contributed by atoms with van der Waals surface area (Å²) in [7, 11) is 0. The average molecular weight is 367 g/mol. The summed E-state index contributed by atoms with van der Waals surface area (Å²) in [5, 5.41) is 5.77. The van der Waals surface area contributed by atoms with Gasteiger partial charge in [0.2, 0.25) is 11.8 Å². The molecule has 2 amide bonds. The fourth-order valence-corrected chi connectivity index (χ4v) is 3.64. The number of aromatic nitrogens is 1. The lowest BCUT2D eigenvalue weighted by Crippen LogP contribution is -2.27. The lowest BCUT2D eigenvalue weighted by atomic mass is 10.1. The Bertz CT molecular complexity index is 889. The first-order valence-electron chi connectivity index (χ1n) is 8.30. The summed E-state index contributed by atoms with van der Waals surface area (Å²) in [6, 6.07) is 11.2. The Kier molecular flexibility index (Phi) is 4.53. The van der Waals surface area contributed by atoms with Crippen LogP contribution in [0, 0.1) is 5.92 Å². The van der Waals surface area contributed by atoms with E-state index in [1.54, 1.807) is 34.8 Å². The van der Waals surface area contributed by atoms with Crippen LogP contribution in [0.5, 0.6) is 0 Å². The summed E-state index contributed by atoms with van der Waals surface area (Å²) in [5.74, 6) is 0.205. The van der Waals surface area contributed by atoms with Gasteiger partial charge in [-0.2, -0.15) is 0 Å². The van der Waals surface area contributed by atoms with Crippen molar-refractivity contribution < 1.29 is 14.0 Å². The Labute approximate surface area is 154 Å². The molecule has 4 rings (SSSR count). The van der Waals surface area contributed by atoms with Gasteiger partial charge in [-0.1, -0.05) is 0 Å². The van der Waals surface area contributed by atoms with Crippen LogP contribution in [-0.4, -0.2) is 28.2 Å². The van der Waals surface area contributed by atoms with E-state index < -0.39 is 0 Å². The van der Waals surface area contributed by atoms with Crippen molar-refractivity contribution in [2.45, 2.75) is 13.0 Å². The fourth-order valence-electron chi connectivity index (χ4n) is 3.00. The Morgan fingerprint density at radius 1 is 1.31 bits per heavy atom. The maximum absolute atomic E-state index is 12.5. The molecular weight excluding hydrogens is 350 g/mol. The third-order valence-electron chi connectivity index (χ3n) is 4.34. The number of amides is 2. The molecule has 1 aliphatic heterocycles. The number of thiazole rings is 1. The number of anilines is 1. The minimum Gasteiger partial charge on any atom is -0.467 e. The molecule has 3 heterocycles. The summed E-state index contributed by atoms with van der Waals surface area (Å²) < 4.78 is 5.28. The second-order valence-corrected chi connectivity index (χ2v) is 7.05. The maximum atomic E-state index is 12.5. The molecule has 2 aromatic heterocycles. The molecule has 1 aromatic carbocycles. The highest BCUT2D eigenvalue weighted by Crippen LogP contribution is 2.25. The van der Waals surface area contributed by atoms with E-state index in [9.17, 15) is 9.59 Å². The number of rotatable bonds is 5. The molecule has 1 fully saturated rings. The van der Waals surface area contributed by atoms with E-state index in [0.29, 0.717) is 18.8 Å². The first-order chi connectivity index (χ1) is 12.7. The summed E-state index contributed by atoms with van der Waals surface area (Å²) in [4.78, 5) is 30.6. The molecule has 1 atom stereocenters. The molecule has 132 valence electrons. The van der Waals surface area contributed by atoms with Crippen LogP contribution in [-0.2, 0) is 16.1 Å². The molecule has 7 heteroatoms. The van der Waals surface area contributed by atoms with Crippen LogP contribution >= 0.6 is 11.3 Å². The predicted molar refractivity (Wildman–Crippen MR) is 98.4 cm³/mol. The van der Waals surface area contributed by atoms with Gasteiger partial charge in [0.05, 0.1) is 18.7 Å². The van der Waals surface area contributed by atoms with Gasteiger partial charge in [-0.25, -0.2) is 4.98 Å². The van der Waals surface area contributed by atoms with Gasteiger partial charge in [0.1, 0.15) is 10.8 Å². The van der Waals surface area contributed by atoms with E-state index in [1.165, 1.54) is 0 Å². The van der Waals surface area contributed by atoms with Gasteiger partial charge >= 0.3 is 0 Å². The molecule has 0 saturated carbocycles. The average Bonchev–Trinajstić information content (AvgIpc) is 3.39. The van der Waals surface area contributed by atoms with Crippen LogP contribution in [0.4, 0.5) is 5.69 Å². The monoisotopic (exact) mass is 367 g/mol. The van der Waals surface area contributed by atoms with Crippen molar-refractivity contribution in [2.24, 2.45) is 5.92 Å². The van der Waals surface area contributed by atoms with Crippen molar-refractivity contribution in [3.8, 4) is 10.6 Å². The molecule has 6 nitrogen and oxygen atoms in total. The van der Waals surface area contributed by atoms with Crippen LogP contribution in [0.25, 0.3) is 10.6 Å². The number of carbonyl (C=O) groups is 2. The second kappa shape index (κ2) is 7.13. The topological polar surface area (TPSA) is 75.4 Å². The third kappa shape index (κ3) is 3.52. The van der Waals surface area contributed by atoms with Gasteiger partial charge in [-0.05, 0) is 36.4 Å². The number of likely N-dealkylation sites (tertiary alicyclic amines) is 1. The first kappa shape index (κ1) is 16.5. The smallest absolute Gasteiger partial charge is 0.229 e. The Hall–Kier alpha value is -2.93. The van der Waals surface area contributed by atoms with E-state index in [-0.39, 0.29) is 24.2 Å². The molecule has 26 heavy (non-hydrogen) atoms. The van der Waals surface area contributed by atoms with Crippen LogP contribution in [0.15, 0.2) is 58.7 Å². The minimum absolute atomic E-state index is 0.0272. The number of nitrogens with zero attached hydrogens (tertiary/aromatic N) is 2. The molecule has 0 unspecified atom stereocenters. The molecular formula is C19H17N3O3S. The number of hydrogen-bond donors (Lipinski definition) is 1. The van der Waals surface area contributed by atoms with Crippen LogP contribution < -0.4 is 5.32 Å². The molecule has 1 aliphatic rings. The third-order valence-corrected chi connectivity index (χ3v) is 5.17. The van der Waals surface area contributed by atoms with Gasteiger partial charge in [0.25, 0.3) is 0 Å². The lowest BCUT2D eigenvalue weighted by Gasteiger charge is -2.15. The maximum Gasteiger partial charge on any atom is 0.229 e. The minimum atomic E-state index is -0.351. The van der Waals surface area contributed by atoms with E-state index >= 15 is 0 Å². The summed E-state index contributed by atoms with van der Waals surface area (Å²) >= 11 is 1.57. The standard InChI is InChI=1S/C19H17N3O3S/c23-17-10-14(11-22(17)12-16-2-1-8-25-16)18(24)21-15-5-3-13(4-6-15)19-20-7-9-26-19/h1-9,14H,10-12H2,(H,21,24)/t14-/m0/s1. The summed E-state index contributed by atoms with van der Waals surface area (Å²) in [6.07, 6.45) is 3.57. The van der Waals surface area contributed by atoms with E-state index in [4.69, 9.17) is 4.42 Å². The Morgan fingerprint density at radius 2 is 2.15 bits per heavy atom. The quantitative estimate of drug-likeness (QED) is 0.750. The van der Waals surface area contributed by atoms with Gasteiger partial charge in [0.15, 0.2) is 0 Å².